The molecule has 1 aliphatic heterocycles. The molecule has 0 aliphatic carbocycles. The average molecular weight is 263 g/mol. The van der Waals surface area contributed by atoms with Crippen LogP contribution in [-0.4, -0.2) is 57.3 Å². The van der Waals surface area contributed by atoms with E-state index in [2.05, 4.69) is 25.1 Å². The van der Waals surface area contributed by atoms with Gasteiger partial charge in [-0.1, -0.05) is 0 Å². The van der Waals surface area contributed by atoms with Crippen LogP contribution in [0.2, 0.25) is 0 Å². The Kier molecular flexibility index (Phi) is 2.86. The first-order valence-electron chi connectivity index (χ1n) is 5.75. The van der Waals surface area contributed by atoms with Crippen molar-refractivity contribution in [2.45, 2.75) is 6.04 Å². The second kappa shape index (κ2) is 4.67. The van der Waals surface area contributed by atoms with Crippen molar-refractivity contribution in [1.82, 2.24) is 29.9 Å². The number of anilines is 1. The predicted molar refractivity (Wildman–Crippen MR) is 64.2 cm³/mol. The maximum Gasteiger partial charge on any atom is 0.324 e. The van der Waals surface area contributed by atoms with Crippen LogP contribution in [0.4, 0.5) is 5.95 Å². The predicted octanol–water partition coefficient (Wildman–Crippen LogP) is -0.458. The fourth-order valence-corrected chi connectivity index (χ4v) is 1.83. The van der Waals surface area contributed by atoms with E-state index in [0.717, 1.165) is 13.1 Å². The first-order chi connectivity index (χ1) is 9.30. The van der Waals surface area contributed by atoms with Crippen LogP contribution >= 0.6 is 0 Å². The van der Waals surface area contributed by atoms with E-state index in [1.807, 2.05) is 4.90 Å². The van der Waals surface area contributed by atoms with Crippen molar-refractivity contribution in [3.8, 4) is 12.0 Å². The second-order valence-electron chi connectivity index (χ2n) is 4.02. The largest absolute Gasteiger partial charge is 0.467 e. The third-order valence-electron chi connectivity index (χ3n) is 2.86. The summed E-state index contributed by atoms with van der Waals surface area (Å²) in [5, 5.41) is 8.22. The fraction of sp³-hybridized carbons (Fsp3) is 0.500. The molecular weight excluding hydrogens is 250 g/mol. The summed E-state index contributed by atoms with van der Waals surface area (Å²) >= 11 is 0. The molecule has 0 unspecified atom stereocenters. The Morgan fingerprint density at radius 1 is 1.00 bits per heavy atom. The van der Waals surface area contributed by atoms with Gasteiger partial charge < -0.3 is 14.4 Å². The Hall–Kier alpha value is -2.45. The summed E-state index contributed by atoms with van der Waals surface area (Å²) in [6.45, 7) is 1.48. The van der Waals surface area contributed by atoms with Crippen LogP contribution in [0.1, 0.15) is 6.04 Å². The van der Waals surface area contributed by atoms with Gasteiger partial charge in [-0.05, 0) is 0 Å². The number of methoxy groups -OCH3 is 2. The minimum atomic E-state index is 0.238. The van der Waals surface area contributed by atoms with E-state index in [4.69, 9.17) is 9.47 Å². The summed E-state index contributed by atoms with van der Waals surface area (Å²) in [5.74, 6) is 0.534. The van der Waals surface area contributed by atoms with Crippen LogP contribution < -0.4 is 14.4 Å². The molecular formula is C10H13N7O2. The van der Waals surface area contributed by atoms with Gasteiger partial charge in [-0.3, -0.25) is 0 Å². The molecule has 0 spiro atoms. The van der Waals surface area contributed by atoms with E-state index in [1.54, 1.807) is 17.2 Å². The van der Waals surface area contributed by atoms with Crippen molar-refractivity contribution < 1.29 is 9.47 Å². The molecule has 0 bridgehead atoms. The van der Waals surface area contributed by atoms with Crippen LogP contribution in [0.15, 0.2) is 12.4 Å². The lowest BCUT2D eigenvalue weighted by Crippen LogP contribution is -2.49. The van der Waals surface area contributed by atoms with Crippen LogP contribution in [0.3, 0.4) is 0 Å². The van der Waals surface area contributed by atoms with E-state index in [9.17, 15) is 0 Å². The molecule has 100 valence electrons. The van der Waals surface area contributed by atoms with Crippen molar-refractivity contribution in [2.75, 3.05) is 32.2 Å². The monoisotopic (exact) mass is 263 g/mol. The highest BCUT2D eigenvalue weighted by atomic mass is 16.5. The average Bonchev–Trinajstić information content (AvgIpc) is 2.90. The van der Waals surface area contributed by atoms with Crippen molar-refractivity contribution in [1.29, 1.82) is 0 Å². The summed E-state index contributed by atoms with van der Waals surface area (Å²) in [4.78, 5) is 16.0. The van der Waals surface area contributed by atoms with Crippen LogP contribution in [0.25, 0.3) is 0 Å². The lowest BCUT2D eigenvalue weighted by Gasteiger charge is -2.38. The number of rotatable bonds is 4. The van der Waals surface area contributed by atoms with Crippen LogP contribution in [0, 0.1) is 0 Å². The molecule has 2 aromatic heterocycles. The lowest BCUT2D eigenvalue weighted by atomic mass is 10.1. The van der Waals surface area contributed by atoms with Gasteiger partial charge in [-0.15, -0.1) is 4.98 Å². The molecule has 0 amide bonds. The zero-order valence-corrected chi connectivity index (χ0v) is 10.6. The highest BCUT2D eigenvalue weighted by Crippen LogP contribution is 2.25. The first-order valence-corrected chi connectivity index (χ1v) is 5.75. The maximum atomic E-state index is 5.02. The molecule has 0 aromatic carbocycles. The van der Waals surface area contributed by atoms with E-state index < -0.39 is 0 Å². The SMILES string of the molecule is COc1nc(OC)nc(N2CC(n3nccn3)C2)n1. The van der Waals surface area contributed by atoms with Crippen LogP contribution in [-0.2, 0) is 0 Å². The standard InChI is InChI=1S/C10H13N7O2/c1-18-9-13-8(14-10(15-9)19-2)16-5-7(6-16)17-11-3-4-12-17/h3-4,7H,5-6H2,1-2H3. The van der Waals surface area contributed by atoms with Gasteiger partial charge in [0.05, 0.1) is 26.6 Å². The van der Waals surface area contributed by atoms with Gasteiger partial charge in [-0.25, -0.2) is 0 Å². The number of hydrogen-bond donors (Lipinski definition) is 0. The van der Waals surface area contributed by atoms with E-state index in [1.165, 1.54) is 14.2 Å². The van der Waals surface area contributed by atoms with Crippen LogP contribution in [0.5, 0.6) is 12.0 Å². The van der Waals surface area contributed by atoms with Crippen molar-refractivity contribution >= 4 is 5.95 Å². The molecule has 3 heterocycles. The minimum absolute atomic E-state index is 0.238. The smallest absolute Gasteiger partial charge is 0.324 e. The number of ether oxygens (including phenoxy) is 2. The lowest BCUT2D eigenvalue weighted by molar-refractivity contribution is 0.315. The first kappa shape index (κ1) is 11.6. The molecule has 9 nitrogen and oxygen atoms in total. The van der Waals surface area contributed by atoms with Gasteiger partial charge in [0, 0.05) is 13.1 Å². The molecule has 0 saturated carbocycles. The summed E-state index contributed by atoms with van der Waals surface area (Å²) in [5.41, 5.74) is 0. The summed E-state index contributed by atoms with van der Waals surface area (Å²) in [7, 11) is 3.01. The molecule has 19 heavy (non-hydrogen) atoms. The second-order valence-corrected chi connectivity index (χ2v) is 4.02. The van der Waals surface area contributed by atoms with Gasteiger partial charge in [0.1, 0.15) is 6.04 Å². The highest BCUT2D eigenvalue weighted by molar-refractivity contribution is 5.36. The zero-order valence-electron chi connectivity index (χ0n) is 10.6. The molecule has 0 atom stereocenters. The topological polar surface area (TPSA) is 91.1 Å². The van der Waals surface area contributed by atoms with Gasteiger partial charge in [0.25, 0.3) is 0 Å². The Bertz CT molecular complexity index is 531. The summed E-state index contributed by atoms with van der Waals surface area (Å²) < 4.78 is 10.0. The zero-order chi connectivity index (χ0) is 13.2. The van der Waals surface area contributed by atoms with Gasteiger partial charge in [0.15, 0.2) is 0 Å². The number of nitrogens with zero attached hydrogens (tertiary/aromatic N) is 7. The van der Waals surface area contributed by atoms with Gasteiger partial charge in [0.2, 0.25) is 5.95 Å². The van der Waals surface area contributed by atoms with E-state index >= 15 is 0 Å². The van der Waals surface area contributed by atoms with Crippen molar-refractivity contribution in [3.63, 3.8) is 0 Å². The van der Waals surface area contributed by atoms with Crippen molar-refractivity contribution in [3.05, 3.63) is 12.4 Å². The van der Waals surface area contributed by atoms with Gasteiger partial charge in [-0.2, -0.15) is 25.0 Å². The Labute approximate surface area is 109 Å². The summed E-state index contributed by atoms with van der Waals surface area (Å²) in [6.07, 6.45) is 3.33. The third kappa shape index (κ3) is 2.14. The van der Waals surface area contributed by atoms with E-state index in [-0.39, 0.29) is 18.1 Å². The minimum Gasteiger partial charge on any atom is -0.467 e. The molecule has 1 fully saturated rings. The quantitative estimate of drug-likeness (QED) is 0.732. The summed E-state index contributed by atoms with van der Waals surface area (Å²) in [6, 6.07) is 0.716. The maximum absolute atomic E-state index is 5.02. The Balaban J connectivity index is 1.74. The third-order valence-corrected chi connectivity index (χ3v) is 2.86. The molecule has 1 saturated heterocycles. The molecule has 3 rings (SSSR count). The van der Waals surface area contributed by atoms with Crippen molar-refractivity contribution in [2.24, 2.45) is 0 Å². The normalized spacial score (nSPS) is 15.2. The Morgan fingerprint density at radius 2 is 1.58 bits per heavy atom. The van der Waals surface area contributed by atoms with E-state index in [0.29, 0.717) is 5.95 Å². The number of hydrogen-bond acceptors (Lipinski definition) is 8. The molecule has 0 N–H and O–H groups in total. The van der Waals surface area contributed by atoms with Gasteiger partial charge >= 0.3 is 12.0 Å². The molecule has 0 radical (unpaired) electrons. The number of aromatic nitrogens is 6. The fourth-order valence-electron chi connectivity index (χ4n) is 1.83. The Morgan fingerprint density at radius 3 is 2.11 bits per heavy atom. The molecule has 1 aliphatic rings. The highest BCUT2D eigenvalue weighted by Gasteiger charge is 2.32. The molecule has 9 heteroatoms. The molecule has 2 aromatic rings.